The number of ether oxygens (including phenoxy) is 1. The number of rotatable bonds is 12. The molecule has 3 N–H and O–H groups in total. The number of hydrogen-bond donors (Lipinski definition) is 3. The Morgan fingerprint density at radius 3 is 2.04 bits per heavy atom. The van der Waals surface area contributed by atoms with Crippen LogP contribution in [0, 0.1) is 17.8 Å². The molecule has 0 bridgehead atoms. The summed E-state index contributed by atoms with van der Waals surface area (Å²) < 4.78 is 5.11. The van der Waals surface area contributed by atoms with Crippen LogP contribution in [0.1, 0.15) is 53.9 Å². The van der Waals surface area contributed by atoms with Gasteiger partial charge in [0.25, 0.3) is 0 Å². The Bertz CT molecular complexity index is 510. The first-order valence-corrected chi connectivity index (χ1v) is 9.31. The standard InChI is InChI=1S/C19H33NO6/c1-11(2)6-14(23)8-15(13(5)22)18(25)20-16(7-12(3)4)17(24)19(9-21)10-26-19/h11-13,15-16,21-22H,6-10H2,1-5H3,(H,20,25)/t13?,15-,16?,19?/m0/s1. The highest BCUT2D eigenvalue weighted by atomic mass is 16.6. The Morgan fingerprint density at radius 2 is 1.65 bits per heavy atom. The molecule has 0 saturated carbocycles. The summed E-state index contributed by atoms with van der Waals surface area (Å²) in [5, 5.41) is 22.0. The molecule has 1 aliphatic rings. The number of hydrogen-bond acceptors (Lipinski definition) is 6. The smallest absolute Gasteiger partial charge is 0.226 e. The van der Waals surface area contributed by atoms with E-state index >= 15 is 0 Å². The predicted molar refractivity (Wildman–Crippen MR) is 96.4 cm³/mol. The van der Waals surface area contributed by atoms with Crippen LogP contribution in [-0.4, -0.2) is 58.6 Å². The van der Waals surface area contributed by atoms with Gasteiger partial charge in [0.2, 0.25) is 5.91 Å². The highest BCUT2D eigenvalue weighted by molar-refractivity contribution is 5.97. The number of Topliss-reactive ketones (excluding diaryl/α,β-unsaturated/α-hetero) is 2. The maximum atomic E-state index is 12.7. The fraction of sp³-hybridized carbons (Fsp3) is 0.842. The Kier molecular flexibility index (Phi) is 8.37. The molecular weight excluding hydrogens is 338 g/mol. The summed E-state index contributed by atoms with van der Waals surface area (Å²) in [5.41, 5.74) is -1.22. The zero-order valence-electron chi connectivity index (χ0n) is 16.4. The first kappa shape index (κ1) is 22.7. The van der Waals surface area contributed by atoms with Gasteiger partial charge in [-0.1, -0.05) is 27.7 Å². The van der Waals surface area contributed by atoms with Crippen LogP contribution in [-0.2, 0) is 19.1 Å². The van der Waals surface area contributed by atoms with Crippen molar-refractivity contribution in [2.45, 2.75) is 71.6 Å². The van der Waals surface area contributed by atoms with Gasteiger partial charge in [0.1, 0.15) is 5.78 Å². The van der Waals surface area contributed by atoms with E-state index in [4.69, 9.17) is 4.74 Å². The number of amides is 1. The highest BCUT2D eigenvalue weighted by Crippen LogP contribution is 2.30. The third-order valence-electron chi connectivity index (χ3n) is 4.54. The zero-order chi connectivity index (χ0) is 20.1. The summed E-state index contributed by atoms with van der Waals surface area (Å²) in [6.45, 7) is 8.84. The molecule has 0 aliphatic carbocycles. The number of carbonyl (C=O) groups is 3. The van der Waals surface area contributed by atoms with Crippen molar-refractivity contribution in [2.24, 2.45) is 17.8 Å². The molecule has 1 fully saturated rings. The van der Waals surface area contributed by atoms with E-state index in [0.717, 1.165) is 0 Å². The van der Waals surface area contributed by atoms with Crippen LogP contribution in [0.3, 0.4) is 0 Å². The molecule has 1 amide bonds. The maximum absolute atomic E-state index is 12.7. The number of epoxide rings is 1. The molecule has 1 heterocycles. The molecule has 1 rings (SSSR count). The largest absolute Gasteiger partial charge is 0.393 e. The van der Waals surface area contributed by atoms with Gasteiger partial charge in [-0.25, -0.2) is 0 Å². The molecule has 1 saturated heterocycles. The van der Waals surface area contributed by atoms with E-state index in [2.05, 4.69) is 5.32 Å². The van der Waals surface area contributed by atoms with Crippen molar-refractivity contribution in [1.82, 2.24) is 5.32 Å². The monoisotopic (exact) mass is 371 g/mol. The van der Waals surface area contributed by atoms with Gasteiger partial charge in [0, 0.05) is 12.8 Å². The second-order valence-electron chi connectivity index (χ2n) is 8.18. The van der Waals surface area contributed by atoms with Crippen molar-refractivity contribution in [3.8, 4) is 0 Å². The van der Waals surface area contributed by atoms with Gasteiger partial charge < -0.3 is 20.3 Å². The normalized spacial score (nSPS) is 22.8. The minimum absolute atomic E-state index is 0.0636. The summed E-state index contributed by atoms with van der Waals surface area (Å²) in [6.07, 6.45) is -0.342. The van der Waals surface area contributed by atoms with Crippen molar-refractivity contribution in [2.75, 3.05) is 13.2 Å². The van der Waals surface area contributed by atoms with Crippen molar-refractivity contribution >= 4 is 17.5 Å². The number of aliphatic hydroxyl groups is 2. The third-order valence-corrected chi connectivity index (χ3v) is 4.54. The fourth-order valence-electron chi connectivity index (χ4n) is 2.96. The van der Waals surface area contributed by atoms with Crippen LogP contribution in [0.4, 0.5) is 0 Å². The Balaban J connectivity index is 2.84. The van der Waals surface area contributed by atoms with E-state index in [1.807, 2.05) is 27.7 Å². The number of carbonyl (C=O) groups excluding carboxylic acids is 3. The average molecular weight is 371 g/mol. The first-order valence-electron chi connectivity index (χ1n) is 9.31. The van der Waals surface area contributed by atoms with Crippen molar-refractivity contribution < 1.29 is 29.3 Å². The van der Waals surface area contributed by atoms with Crippen LogP contribution in [0.25, 0.3) is 0 Å². The van der Waals surface area contributed by atoms with Gasteiger partial charge >= 0.3 is 0 Å². The molecule has 4 atom stereocenters. The van der Waals surface area contributed by atoms with Crippen molar-refractivity contribution in [1.29, 1.82) is 0 Å². The quantitative estimate of drug-likeness (QED) is 0.438. The second-order valence-corrected chi connectivity index (χ2v) is 8.18. The lowest BCUT2D eigenvalue weighted by Crippen LogP contribution is -2.51. The van der Waals surface area contributed by atoms with E-state index in [1.165, 1.54) is 6.92 Å². The lowest BCUT2D eigenvalue weighted by Gasteiger charge is -2.26. The van der Waals surface area contributed by atoms with E-state index in [-0.39, 0.29) is 36.4 Å². The van der Waals surface area contributed by atoms with Crippen LogP contribution < -0.4 is 5.32 Å². The third kappa shape index (κ3) is 6.45. The maximum Gasteiger partial charge on any atom is 0.226 e. The van der Waals surface area contributed by atoms with Crippen LogP contribution in [0.5, 0.6) is 0 Å². The summed E-state index contributed by atoms with van der Waals surface area (Å²) >= 11 is 0. The highest BCUT2D eigenvalue weighted by Gasteiger charge is 2.54. The summed E-state index contributed by atoms with van der Waals surface area (Å²) in [6, 6.07) is -0.821. The molecule has 26 heavy (non-hydrogen) atoms. The minimum atomic E-state index is -1.22. The van der Waals surface area contributed by atoms with Gasteiger partial charge in [-0.2, -0.15) is 0 Å². The Labute approximate surface area is 155 Å². The van der Waals surface area contributed by atoms with E-state index in [0.29, 0.717) is 12.8 Å². The summed E-state index contributed by atoms with van der Waals surface area (Å²) in [7, 11) is 0. The van der Waals surface area contributed by atoms with Crippen LogP contribution in [0.2, 0.25) is 0 Å². The predicted octanol–water partition coefficient (Wildman–Crippen LogP) is 0.850. The molecule has 0 aromatic rings. The van der Waals surface area contributed by atoms with E-state index < -0.39 is 36.2 Å². The van der Waals surface area contributed by atoms with E-state index in [9.17, 15) is 24.6 Å². The average Bonchev–Trinajstić information content (AvgIpc) is 3.30. The van der Waals surface area contributed by atoms with Gasteiger partial charge in [-0.05, 0) is 25.2 Å². The molecule has 0 spiro atoms. The van der Waals surface area contributed by atoms with Gasteiger partial charge in [0.05, 0.1) is 31.3 Å². The molecule has 7 nitrogen and oxygen atoms in total. The van der Waals surface area contributed by atoms with Gasteiger partial charge in [-0.15, -0.1) is 0 Å². The number of nitrogens with one attached hydrogen (secondary N) is 1. The first-order chi connectivity index (χ1) is 12.0. The topological polar surface area (TPSA) is 116 Å². The molecule has 0 aromatic carbocycles. The number of ketones is 2. The van der Waals surface area contributed by atoms with Crippen LogP contribution in [0.15, 0.2) is 0 Å². The summed E-state index contributed by atoms with van der Waals surface area (Å²) in [4.78, 5) is 37.4. The second kappa shape index (κ2) is 9.58. The number of aliphatic hydroxyl groups excluding tert-OH is 2. The minimum Gasteiger partial charge on any atom is -0.393 e. The lowest BCUT2D eigenvalue weighted by atomic mass is 9.90. The molecule has 3 unspecified atom stereocenters. The van der Waals surface area contributed by atoms with Gasteiger partial charge in [-0.3, -0.25) is 14.4 Å². The summed E-state index contributed by atoms with van der Waals surface area (Å²) in [5.74, 6) is -1.58. The fourth-order valence-corrected chi connectivity index (χ4v) is 2.96. The Morgan fingerprint density at radius 1 is 1.08 bits per heavy atom. The molecule has 0 aromatic heterocycles. The molecule has 7 heteroatoms. The molecule has 1 aliphatic heterocycles. The van der Waals surface area contributed by atoms with Crippen molar-refractivity contribution in [3.05, 3.63) is 0 Å². The SMILES string of the molecule is CC(C)CC(=O)C[C@H](C(=O)NC(CC(C)C)C(=O)C1(CO)CO1)C(C)O. The molecule has 150 valence electrons. The van der Waals surface area contributed by atoms with Gasteiger partial charge in [0.15, 0.2) is 11.4 Å². The lowest BCUT2D eigenvalue weighted by molar-refractivity contribution is -0.137. The molecular formula is C19H33NO6. The Hall–Kier alpha value is -1.31. The zero-order valence-corrected chi connectivity index (χ0v) is 16.4. The van der Waals surface area contributed by atoms with E-state index in [1.54, 1.807) is 0 Å². The van der Waals surface area contributed by atoms with Crippen LogP contribution >= 0.6 is 0 Å². The van der Waals surface area contributed by atoms with Crippen molar-refractivity contribution in [3.63, 3.8) is 0 Å². The molecule has 0 radical (unpaired) electrons.